The number of thiophene rings is 1. The first-order chi connectivity index (χ1) is 5.79. The zero-order chi connectivity index (χ0) is 8.55. The molecule has 0 saturated heterocycles. The molecule has 0 unspecified atom stereocenters. The zero-order valence-electron chi connectivity index (χ0n) is 7.02. The molecule has 0 amide bonds. The number of carbonyl (C=O) groups is 1. The van der Waals surface area contributed by atoms with Crippen LogP contribution in [0.3, 0.4) is 0 Å². The standard InChI is InChI=1S/C8H5NO2S.Na/c10-8(11)7-5-2-4-12-6(5)1-3-9-7;/h1-4H,(H,10,11);. The van der Waals surface area contributed by atoms with Crippen molar-refractivity contribution in [2.45, 2.75) is 0 Å². The predicted octanol–water partition coefficient (Wildman–Crippen LogP) is 1.61. The molecule has 2 aromatic rings. The number of carboxylic acids is 1. The number of carboxylic acid groups (broad SMARTS) is 1. The molecule has 0 bridgehead atoms. The summed E-state index contributed by atoms with van der Waals surface area (Å²) in [6.07, 6.45) is 1.52. The van der Waals surface area contributed by atoms with E-state index in [2.05, 4.69) is 4.98 Å². The van der Waals surface area contributed by atoms with Crippen molar-refractivity contribution in [3.8, 4) is 0 Å². The van der Waals surface area contributed by atoms with Crippen molar-refractivity contribution < 1.29 is 9.90 Å². The van der Waals surface area contributed by atoms with E-state index in [0.717, 1.165) is 10.1 Å². The van der Waals surface area contributed by atoms with Crippen molar-refractivity contribution in [2.75, 3.05) is 0 Å². The van der Waals surface area contributed by atoms with Crippen LogP contribution in [0.5, 0.6) is 0 Å². The van der Waals surface area contributed by atoms with E-state index in [-0.39, 0.29) is 35.3 Å². The van der Waals surface area contributed by atoms with Gasteiger partial charge in [-0.3, -0.25) is 0 Å². The molecule has 0 aliphatic carbocycles. The van der Waals surface area contributed by atoms with Gasteiger partial charge in [0.2, 0.25) is 0 Å². The van der Waals surface area contributed by atoms with Gasteiger partial charge in [0, 0.05) is 45.8 Å². The van der Waals surface area contributed by atoms with Gasteiger partial charge in [0.25, 0.3) is 0 Å². The maximum absolute atomic E-state index is 10.7. The zero-order valence-corrected chi connectivity index (χ0v) is 9.84. The number of hydrogen-bond acceptors (Lipinski definition) is 3. The Morgan fingerprint density at radius 3 is 2.92 bits per heavy atom. The Kier molecular flexibility index (Phi) is 3.44. The summed E-state index contributed by atoms with van der Waals surface area (Å²) in [5.41, 5.74) is 0.133. The molecule has 13 heavy (non-hydrogen) atoms. The van der Waals surface area contributed by atoms with Gasteiger partial charge in [-0.15, -0.1) is 11.3 Å². The van der Waals surface area contributed by atoms with Gasteiger partial charge in [-0.1, -0.05) is 0 Å². The number of rotatable bonds is 1. The van der Waals surface area contributed by atoms with Gasteiger partial charge in [0.05, 0.1) is 0 Å². The fourth-order valence-corrected chi connectivity index (χ4v) is 1.85. The molecule has 3 nitrogen and oxygen atoms in total. The maximum atomic E-state index is 10.7. The van der Waals surface area contributed by atoms with Crippen LogP contribution >= 0.6 is 11.3 Å². The Hall–Kier alpha value is -0.420. The van der Waals surface area contributed by atoms with Crippen molar-refractivity contribution in [2.24, 2.45) is 0 Å². The Bertz CT molecular complexity index is 440. The second kappa shape index (κ2) is 4.19. The minimum atomic E-state index is -0.973. The summed E-state index contributed by atoms with van der Waals surface area (Å²) in [5.74, 6) is -0.973. The number of aromatic nitrogens is 1. The third-order valence-electron chi connectivity index (χ3n) is 1.58. The molecule has 2 aromatic heterocycles. The molecule has 0 atom stereocenters. The molecule has 5 heteroatoms. The summed E-state index contributed by atoms with van der Waals surface area (Å²) in [6, 6.07) is 3.59. The average Bonchev–Trinajstić information content (AvgIpc) is 2.49. The smallest absolute Gasteiger partial charge is 0.355 e. The van der Waals surface area contributed by atoms with E-state index >= 15 is 0 Å². The third-order valence-corrected chi connectivity index (χ3v) is 2.46. The van der Waals surface area contributed by atoms with E-state index in [1.807, 2.05) is 11.4 Å². The van der Waals surface area contributed by atoms with Gasteiger partial charge in [0.15, 0.2) is 5.69 Å². The van der Waals surface area contributed by atoms with Crippen LogP contribution in [0.25, 0.3) is 10.1 Å². The van der Waals surface area contributed by atoms with Crippen LogP contribution in [0, 0.1) is 0 Å². The molecule has 1 N–H and O–H groups in total. The van der Waals surface area contributed by atoms with Crippen LogP contribution in [-0.2, 0) is 0 Å². The van der Waals surface area contributed by atoms with E-state index in [1.54, 1.807) is 6.07 Å². The molecule has 0 saturated carbocycles. The summed E-state index contributed by atoms with van der Waals surface area (Å²) >= 11 is 1.52. The monoisotopic (exact) mass is 202 g/mol. The second-order valence-corrected chi connectivity index (χ2v) is 3.24. The third kappa shape index (κ3) is 1.91. The van der Waals surface area contributed by atoms with Crippen molar-refractivity contribution in [3.05, 3.63) is 29.4 Å². The summed E-state index contributed by atoms with van der Waals surface area (Å²) in [6.45, 7) is 0. The quantitative estimate of drug-likeness (QED) is 0.715. The van der Waals surface area contributed by atoms with Crippen LogP contribution in [0.4, 0.5) is 0 Å². The molecule has 0 spiro atoms. The largest absolute Gasteiger partial charge is 0.476 e. The van der Waals surface area contributed by atoms with E-state index in [9.17, 15) is 4.79 Å². The van der Waals surface area contributed by atoms with Gasteiger partial charge < -0.3 is 5.11 Å². The first-order valence-corrected chi connectivity index (χ1v) is 4.22. The van der Waals surface area contributed by atoms with Crippen molar-refractivity contribution in [3.63, 3.8) is 0 Å². The Balaban J connectivity index is 0.000000845. The van der Waals surface area contributed by atoms with Crippen LogP contribution < -0.4 is 0 Å². The molecule has 1 radical (unpaired) electrons. The SMILES string of the molecule is O=C(O)c1nccc2sccc12.[Na]. The number of hydrogen-bond donors (Lipinski definition) is 1. The van der Waals surface area contributed by atoms with Gasteiger partial charge in [-0.2, -0.15) is 0 Å². The molecule has 61 valence electrons. The van der Waals surface area contributed by atoms with Crippen molar-refractivity contribution in [1.82, 2.24) is 4.98 Å². The number of fused-ring (bicyclic) bond motifs is 1. The summed E-state index contributed by atoms with van der Waals surface area (Å²) < 4.78 is 0.961. The van der Waals surface area contributed by atoms with Crippen molar-refractivity contribution >= 4 is 56.9 Å². The summed E-state index contributed by atoms with van der Waals surface area (Å²) in [7, 11) is 0. The van der Waals surface area contributed by atoms with E-state index in [1.165, 1.54) is 17.5 Å². The topological polar surface area (TPSA) is 50.2 Å². The average molecular weight is 202 g/mol. The molecule has 0 aliphatic rings. The number of pyridine rings is 1. The maximum Gasteiger partial charge on any atom is 0.355 e. The van der Waals surface area contributed by atoms with E-state index in [0.29, 0.717) is 0 Å². The molecular formula is C8H5NNaO2S. The first-order valence-electron chi connectivity index (χ1n) is 3.34. The van der Waals surface area contributed by atoms with Crippen molar-refractivity contribution in [1.29, 1.82) is 0 Å². The Morgan fingerprint density at radius 2 is 2.23 bits per heavy atom. The molecule has 2 rings (SSSR count). The fourth-order valence-electron chi connectivity index (χ4n) is 1.07. The Labute approximate surface area is 101 Å². The molecule has 2 heterocycles. The molecule has 0 fully saturated rings. The second-order valence-electron chi connectivity index (χ2n) is 2.30. The predicted molar refractivity (Wildman–Crippen MR) is 52.3 cm³/mol. The fraction of sp³-hybridized carbons (Fsp3) is 0. The van der Waals surface area contributed by atoms with E-state index in [4.69, 9.17) is 5.11 Å². The van der Waals surface area contributed by atoms with E-state index < -0.39 is 5.97 Å². The summed E-state index contributed by atoms with van der Waals surface area (Å²) in [5, 5.41) is 11.3. The first kappa shape index (κ1) is 10.7. The van der Waals surface area contributed by atoms with Crippen LogP contribution in [0.15, 0.2) is 23.7 Å². The summed E-state index contributed by atoms with van der Waals surface area (Å²) in [4.78, 5) is 14.4. The van der Waals surface area contributed by atoms with Crippen LogP contribution in [0.2, 0.25) is 0 Å². The number of nitrogens with zero attached hydrogens (tertiary/aromatic N) is 1. The molecular weight excluding hydrogens is 197 g/mol. The van der Waals surface area contributed by atoms with Gasteiger partial charge in [-0.05, 0) is 17.5 Å². The minimum absolute atomic E-state index is 0. The number of aromatic carboxylic acids is 1. The van der Waals surface area contributed by atoms with Crippen LogP contribution in [-0.4, -0.2) is 45.6 Å². The van der Waals surface area contributed by atoms with Gasteiger partial charge >= 0.3 is 5.97 Å². The van der Waals surface area contributed by atoms with Gasteiger partial charge in [-0.25, -0.2) is 9.78 Å². The normalized spacial score (nSPS) is 9.54. The Morgan fingerprint density at radius 1 is 1.46 bits per heavy atom. The molecule has 0 aromatic carbocycles. The molecule has 0 aliphatic heterocycles. The van der Waals surface area contributed by atoms with Gasteiger partial charge in [0.1, 0.15) is 0 Å². The minimum Gasteiger partial charge on any atom is -0.476 e. The van der Waals surface area contributed by atoms with Crippen LogP contribution in [0.1, 0.15) is 10.5 Å².